The molecular formula is C17H28N2O. The van der Waals surface area contributed by atoms with Gasteiger partial charge in [0.15, 0.2) is 0 Å². The number of aryl methyl sites for hydroxylation is 2. The van der Waals surface area contributed by atoms with Crippen LogP contribution in [-0.2, 0) is 0 Å². The summed E-state index contributed by atoms with van der Waals surface area (Å²) in [5.41, 5.74) is 8.64. The number of ether oxygens (including phenoxy) is 1. The molecule has 1 aromatic rings. The summed E-state index contributed by atoms with van der Waals surface area (Å²) in [6.45, 7) is 10.6. The van der Waals surface area contributed by atoms with Crippen molar-refractivity contribution in [3.8, 4) is 5.75 Å². The van der Waals surface area contributed by atoms with E-state index in [4.69, 9.17) is 10.5 Å². The molecule has 1 aliphatic rings. The molecule has 1 fully saturated rings. The van der Waals surface area contributed by atoms with E-state index in [0.29, 0.717) is 12.0 Å². The van der Waals surface area contributed by atoms with E-state index in [0.717, 1.165) is 31.9 Å². The quantitative estimate of drug-likeness (QED) is 0.840. The Hall–Kier alpha value is -1.06. The Balaban J connectivity index is 1.69. The summed E-state index contributed by atoms with van der Waals surface area (Å²) in [6, 6.07) is 6.71. The molecule has 0 aromatic heterocycles. The molecule has 3 heteroatoms. The number of piperidine rings is 1. The van der Waals surface area contributed by atoms with Crippen molar-refractivity contribution < 1.29 is 4.74 Å². The minimum atomic E-state index is 0.337. The molecule has 0 bridgehead atoms. The number of nitrogens with two attached hydrogens (primary N) is 1. The zero-order valence-electron chi connectivity index (χ0n) is 13.1. The Labute approximate surface area is 123 Å². The maximum atomic E-state index is 6.12. The zero-order chi connectivity index (χ0) is 14.5. The molecule has 0 radical (unpaired) electrons. The zero-order valence-corrected chi connectivity index (χ0v) is 13.1. The first kappa shape index (κ1) is 15.3. The van der Waals surface area contributed by atoms with Crippen molar-refractivity contribution in [3.05, 3.63) is 29.3 Å². The number of rotatable bonds is 5. The van der Waals surface area contributed by atoms with Crippen molar-refractivity contribution in [1.82, 2.24) is 4.90 Å². The Morgan fingerprint density at radius 3 is 2.60 bits per heavy atom. The molecule has 2 atom stereocenters. The van der Waals surface area contributed by atoms with Gasteiger partial charge in [-0.1, -0.05) is 13.0 Å². The van der Waals surface area contributed by atoms with E-state index in [1.54, 1.807) is 0 Å². The van der Waals surface area contributed by atoms with Crippen LogP contribution in [0.5, 0.6) is 5.75 Å². The fraction of sp³-hybridized carbons (Fsp3) is 0.647. The van der Waals surface area contributed by atoms with Crippen LogP contribution in [0.4, 0.5) is 0 Å². The predicted molar refractivity (Wildman–Crippen MR) is 84.2 cm³/mol. The molecule has 0 aliphatic carbocycles. The molecule has 20 heavy (non-hydrogen) atoms. The smallest absolute Gasteiger partial charge is 0.119 e. The molecule has 1 aromatic carbocycles. The number of hydrogen-bond donors (Lipinski definition) is 1. The van der Waals surface area contributed by atoms with Crippen LogP contribution < -0.4 is 10.5 Å². The highest BCUT2D eigenvalue weighted by Gasteiger charge is 2.22. The lowest BCUT2D eigenvalue weighted by molar-refractivity contribution is 0.158. The maximum absolute atomic E-state index is 6.12. The van der Waals surface area contributed by atoms with E-state index in [2.05, 4.69) is 43.9 Å². The van der Waals surface area contributed by atoms with Crippen LogP contribution in [0.25, 0.3) is 0 Å². The van der Waals surface area contributed by atoms with Gasteiger partial charge in [0.2, 0.25) is 0 Å². The van der Waals surface area contributed by atoms with E-state index >= 15 is 0 Å². The Bertz CT molecular complexity index is 413. The van der Waals surface area contributed by atoms with Gasteiger partial charge in [0.1, 0.15) is 5.75 Å². The monoisotopic (exact) mass is 276 g/mol. The van der Waals surface area contributed by atoms with Gasteiger partial charge in [-0.25, -0.2) is 0 Å². The van der Waals surface area contributed by atoms with Crippen molar-refractivity contribution in [2.45, 2.75) is 39.7 Å². The highest BCUT2D eigenvalue weighted by Crippen LogP contribution is 2.17. The second-order valence-corrected chi connectivity index (χ2v) is 6.26. The highest BCUT2D eigenvalue weighted by atomic mass is 16.5. The van der Waals surface area contributed by atoms with E-state index in [1.807, 2.05) is 0 Å². The van der Waals surface area contributed by atoms with Crippen LogP contribution in [0.15, 0.2) is 18.2 Å². The lowest BCUT2D eigenvalue weighted by atomic mass is 9.94. The topological polar surface area (TPSA) is 38.5 Å². The van der Waals surface area contributed by atoms with Crippen LogP contribution in [-0.4, -0.2) is 37.2 Å². The molecule has 3 nitrogen and oxygen atoms in total. The van der Waals surface area contributed by atoms with Crippen molar-refractivity contribution >= 4 is 0 Å². The van der Waals surface area contributed by atoms with Gasteiger partial charge in [-0.2, -0.15) is 0 Å². The molecule has 112 valence electrons. The SMILES string of the molecule is Cc1cc(C)cc(OCCCN2CCC(C)C(N)C2)c1. The molecule has 0 amide bonds. The number of benzene rings is 1. The van der Waals surface area contributed by atoms with Gasteiger partial charge in [0.05, 0.1) is 6.61 Å². The Morgan fingerprint density at radius 1 is 1.25 bits per heavy atom. The van der Waals surface area contributed by atoms with Crippen LogP contribution in [0, 0.1) is 19.8 Å². The fourth-order valence-corrected chi connectivity index (χ4v) is 2.87. The molecule has 1 heterocycles. The number of hydrogen-bond acceptors (Lipinski definition) is 3. The summed E-state index contributed by atoms with van der Waals surface area (Å²) in [4.78, 5) is 2.47. The molecule has 0 spiro atoms. The van der Waals surface area contributed by atoms with Gasteiger partial charge >= 0.3 is 0 Å². The maximum Gasteiger partial charge on any atom is 0.119 e. The van der Waals surface area contributed by atoms with E-state index < -0.39 is 0 Å². The average Bonchev–Trinajstić information content (AvgIpc) is 2.38. The molecule has 2 unspecified atom stereocenters. The first-order valence-electron chi connectivity index (χ1n) is 7.73. The summed E-state index contributed by atoms with van der Waals surface area (Å²) in [7, 11) is 0. The fourth-order valence-electron chi connectivity index (χ4n) is 2.87. The molecule has 1 aliphatic heterocycles. The van der Waals surface area contributed by atoms with Gasteiger partial charge < -0.3 is 15.4 Å². The van der Waals surface area contributed by atoms with Gasteiger partial charge in [0.25, 0.3) is 0 Å². The van der Waals surface area contributed by atoms with Crippen LogP contribution in [0.2, 0.25) is 0 Å². The van der Waals surface area contributed by atoms with Crippen molar-refractivity contribution in [2.75, 3.05) is 26.2 Å². The third kappa shape index (κ3) is 4.50. The normalized spacial score (nSPS) is 23.8. The summed E-state index contributed by atoms with van der Waals surface area (Å²) < 4.78 is 5.85. The number of nitrogens with zero attached hydrogens (tertiary/aromatic N) is 1. The summed E-state index contributed by atoms with van der Waals surface area (Å²) in [5.74, 6) is 1.66. The average molecular weight is 276 g/mol. The van der Waals surface area contributed by atoms with Gasteiger partial charge in [-0.3, -0.25) is 0 Å². The predicted octanol–water partition coefficient (Wildman–Crippen LogP) is 2.74. The van der Waals surface area contributed by atoms with Crippen molar-refractivity contribution in [3.63, 3.8) is 0 Å². The first-order valence-corrected chi connectivity index (χ1v) is 7.73. The summed E-state index contributed by atoms with van der Waals surface area (Å²) in [5, 5.41) is 0. The van der Waals surface area contributed by atoms with E-state index in [9.17, 15) is 0 Å². The number of likely N-dealkylation sites (tertiary alicyclic amines) is 1. The van der Waals surface area contributed by atoms with Gasteiger partial charge in [-0.05, 0) is 62.4 Å². The van der Waals surface area contributed by atoms with E-state index in [-0.39, 0.29) is 0 Å². The van der Waals surface area contributed by atoms with E-state index in [1.165, 1.54) is 24.1 Å². The van der Waals surface area contributed by atoms with Crippen LogP contribution in [0.3, 0.4) is 0 Å². The minimum absolute atomic E-state index is 0.337. The molecule has 1 saturated heterocycles. The first-order chi connectivity index (χ1) is 9.54. The standard InChI is InChI=1S/C17H28N2O/c1-13-9-14(2)11-16(10-13)20-8-4-6-19-7-5-15(3)17(18)12-19/h9-11,15,17H,4-8,12,18H2,1-3H3. The van der Waals surface area contributed by atoms with Crippen LogP contribution in [0.1, 0.15) is 30.9 Å². The lowest BCUT2D eigenvalue weighted by Gasteiger charge is -2.34. The third-order valence-corrected chi connectivity index (χ3v) is 4.18. The molecule has 2 N–H and O–H groups in total. The third-order valence-electron chi connectivity index (χ3n) is 4.18. The highest BCUT2D eigenvalue weighted by molar-refractivity contribution is 5.32. The summed E-state index contributed by atoms with van der Waals surface area (Å²) >= 11 is 0. The molecule has 2 rings (SSSR count). The molecule has 0 saturated carbocycles. The Kier molecular flexibility index (Phi) is 5.44. The summed E-state index contributed by atoms with van der Waals surface area (Å²) in [6.07, 6.45) is 2.28. The lowest BCUT2D eigenvalue weighted by Crippen LogP contribution is -2.47. The molecular weight excluding hydrogens is 248 g/mol. The Morgan fingerprint density at radius 2 is 1.95 bits per heavy atom. The van der Waals surface area contributed by atoms with Gasteiger partial charge in [-0.15, -0.1) is 0 Å². The van der Waals surface area contributed by atoms with Crippen molar-refractivity contribution in [2.24, 2.45) is 11.7 Å². The largest absolute Gasteiger partial charge is 0.494 e. The van der Waals surface area contributed by atoms with Gasteiger partial charge in [0, 0.05) is 19.1 Å². The second kappa shape index (κ2) is 7.09. The van der Waals surface area contributed by atoms with Crippen molar-refractivity contribution in [1.29, 1.82) is 0 Å². The van der Waals surface area contributed by atoms with Crippen LogP contribution >= 0.6 is 0 Å². The minimum Gasteiger partial charge on any atom is -0.494 e. The second-order valence-electron chi connectivity index (χ2n) is 6.26.